The van der Waals surface area contributed by atoms with Gasteiger partial charge in [0, 0.05) is 6.92 Å². The van der Waals surface area contributed by atoms with Crippen LogP contribution >= 0.6 is 11.8 Å². The predicted molar refractivity (Wildman–Crippen MR) is 106 cm³/mol. The van der Waals surface area contributed by atoms with Gasteiger partial charge in [-0.15, -0.1) is 0 Å². The van der Waals surface area contributed by atoms with Gasteiger partial charge in [0.15, 0.2) is 17.0 Å². The lowest BCUT2D eigenvalue weighted by Crippen LogP contribution is -2.31. The number of carbonyl (C=O) groups excluding carboxylic acids is 2. The highest BCUT2D eigenvalue weighted by molar-refractivity contribution is 8.05. The number of ether oxygens (including phenoxy) is 2. The summed E-state index contributed by atoms with van der Waals surface area (Å²) >= 11 is 1.48. The van der Waals surface area contributed by atoms with Crippen molar-refractivity contribution >= 4 is 41.1 Å². The van der Waals surface area contributed by atoms with Gasteiger partial charge in [-0.05, 0) is 42.8 Å². The van der Waals surface area contributed by atoms with Crippen LogP contribution in [0.2, 0.25) is 0 Å². The fraction of sp³-hybridized carbons (Fsp3) is 0.200. The molecule has 1 fully saturated rings. The van der Waals surface area contributed by atoms with E-state index >= 15 is 0 Å². The molecule has 2 heterocycles. The Balaban J connectivity index is 1.62. The van der Waals surface area contributed by atoms with E-state index < -0.39 is 5.97 Å². The highest BCUT2D eigenvalue weighted by Crippen LogP contribution is 2.47. The van der Waals surface area contributed by atoms with Gasteiger partial charge in [0.1, 0.15) is 0 Å². The smallest absolute Gasteiger partial charge is 0.308 e. The van der Waals surface area contributed by atoms with Gasteiger partial charge >= 0.3 is 5.97 Å². The molecule has 6 nitrogen and oxygen atoms in total. The van der Waals surface area contributed by atoms with Crippen LogP contribution in [-0.2, 0) is 9.59 Å². The minimum atomic E-state index is -0.408. The van der Waals surface area contributed by atoms with Gasteiger partial charge in [0.2, 0.25) is 0 Å². The number of nitrogens with one attached hydrogen (secondary N) is 1. The van der Waals surface area contributed by atoms with E-state index in [1.807, 2.05) is 37.3 Å². The number of carbonyl (C=O) groups is 2. The lowest BCUT2D eigenvalue weighted by Gasteiger charge is -2.12. The van der Waals surface area contributed by atoms with Gasteiger partial charge < -0.3 is 14.8 Å². The first kappa shape index (κ1) is 17.5. The Morgan fingerprint density at radius 2 is 2.07 bits per heavy atom. The zero-order valence-electron chi connectivity index (χ0n) is 14.9. The molecule has 1 amide bonds. The molecular formula is C20H18N2O4S. The molecule has 1 N–H and O–H groups in total. The molecule has 0 spiro atoms. The average molecular weight is 382 g/mol. The number of para-hydroxylation sites is 2. The van der Waals surface area contributed by atoms with Crippen molar-refractivity contribution in [2.75, 3.05) is 16.8 Å². The molecule has 2 aromatic carbocycles. The Hall–Kier alpha value is -2.93. The predicted octanol–water partition coefficient (Wildman–Crippen LogP) is 3.84. The number of benzene rings is 2. The van der Waals surface area contributed by atoms with E-state index in [1.54, 1.807) is 23.1 Å². The van der Waals surface area contributed by atoms with Gasteiger partial charge in [0.25, 0.3) is 5.91 Å². The second-order valence-corrected chi connectivity index (χ2v) is 7.17. The van der Waals surface area contributed by atoms with Crippen LogP contribution in [0.25, 0.3) is 6.08 Å². The third kappa shape index (κ3) is 3.26. The van der Waals surface area contributed by atoms with Gasteiger partial charge in [0.05, 0.1) is 22.9 Å². The molecule has 0 aromatic heterocycles. The Kier molecular flexibility index (Phi) is 4.53. The second kappa shape index (κ2) is 7.00. The lowest BCUT2D eigenvalue weighted by molar-refractivity contribution is -0.132. The molecule has 1 unspecified atom stereocenters. The van der Waals surface area contributed by atoms with E-state index in [0.29, 0.717) is 23.0 Å². The molecule has 2 aliphatic rings. The third-order valence-corrected chi connectivity index (χ3v) is 5.26. The zero-order chi connectivity index (χ0) is 19.0. The highest BCUT2D eigenvalue weighted by atomic mass is 32.2. The Morgan fingerprint density at radius 3 is 2.85 bits per heavy atom. The first-order valence-corrected chi connectivity index (χ1v) is 9.47. The number of rotatable bonds is 4. The summed E-state index contributed by atoms with van der Waals surface area (Å²) in [6.45, 7) is 3.65. The summed E-state index contributed by atoms with van der Waals surface area (Å²) in [5, 5.41) is 3.35. The molecule has 7 heteroatoms. The van der Waals surface area contributed by atoms with E-state index in [1.165, 1.54) is 18.7 Å². The molecule has 1 atom stereocenters. The van der Waals surface area contributed by atoms with Crippen molar-refractivity contribution in [1.29, 1.82) is 0 Å². The summed E-state index contributed by atoms with van der Waals surface area (Å²) < 4.78 is 10.7. The molecule has 0 aliphatic carbocycles. The first-order chi connectivity index (χ1) is 13.1. The van der Waals surface area contributed by atoms with E-state index in [4.69, 9.17) is 9.47 Å². The lowest BCUT2D eigenvalue weighted by atomic mass is 10.1. The average Bonchev–Trinajstić information content (AvgIpc) is 3.14. The van der Waals surface area contributed by atoms with Crippen molar-refractivity contribution in [2.24, 2.45) is 0 Å². The van der Waals surface area contributed by atoms with Crippen LogP contribution in [-0.4, -0.2) is 24.0 Å². The van der Waals surface area contributed by atoms with Gasteiger partial charge in [-0.1, -0.05) is 30.0 Å². The van der Waals surface area contributed by atoms with Crippen LogP contribution in [0, 0.1) is 0 Å². The number of nitrogens with zero attached hydrogens (tertiary/aromatic N) is 1. The number of anilines is 2. The van der Waals surface area contributed by atoms with Crippen molar-refractivity contribution in [1.82, 2.24) is 0 Å². The standard InChI is InChI=1S/C20H18N2O4S/c1-3-25-17-10-13(8-9-16(17)26-12(2)23)11-18-19(24)22-15-7-5-4-6-14(15)21-20(22)27-18/h4-11,20-21H,3H2,1-2H3/b18-11-. The van der Waals surface area contributed by atoms with Crippen molar-refractivity contribution in [3.63, 3.8) is 0 Å². The highest BCUT2D eigenvalue weighted by Gasteiger charge is 2.42. The zero-order valence-corrected chi connectivity index (χ0v) is 15.7. The number of fused-ring (bicyclic) bond motifs is 3. The summed E-state index contributed by atoms with van der Waals surface area (Å²) in [5.74, 6) is 0.396. The fourth-order valence-electron chi connectivity index (χ4n) is 3.09. The molecule has 27 heavy (non-hydrogen) atoms. The summed E-state index contributed by atoms with van der Waals surface area (Å²) in [7, 11) is 0. The van der Waals surface area contributed by atoms with E-state index in [2.05, 4.69) is 5.32 Å². The van der Waals surface area contributed by atoms with Crippen LogP contribution in [0.4, 0.5) is 11.4 Å². The van der Waals surface area contributed by atoms with Gasteiger partial charge in [-0.3, -0.25) is 14.5 Å². The van der Waals surface area contributed by atoms with E-state index in [-0.39, 0.29) is 11.4 Å². The summed E-state index contributed by atoms with van der Waals surface area (Å²) in [5.41, 5.74) is 2.53. The second-order valence-electron chi connectivity index (χ2n) is 6.05. The Labute approximate surface area is 161 Å². The number of thioether (sulfide) groups is 1. The topological polar surface area (TPSA) is 67.9 Å². The molecule has 0 saturated carbocycles. The van der Waals surface area contributed by atoms with Crippen LogP contribution in [0.3, 0.4) is 0 Å². The normalized spacial score (nSPS) is 18.9. The van der Waals surface area contributed by atoms with Crippen molar-refractivity contribution in [3.8, 4) is 11.5 Å². The van der Waals surface area contributed by atoms with Crippen LogP contribution in [0.15, 0.2) is 47.4 Å². The molecular weight excluding hydrogens is 364 g/mol. The Morgan fingerprint density at radius 1 is 1.26 bits per heavy atom. The SMILES string of the molecule is CCOc1cc(/C=C2\SC3Nc4ccccc4N3C2=O)ccc1OC(C)=O. The van der Waals surface area contributed by atoms with Crippen LogP contribution in [0.5, 0.6) is 11.5 Å². The van der Waals surface area contributed by atoms with E-state index in [0.717, 1.165) is 16.9 Å². The maximum Gasteiger partial charge on any atom is 0.308 e. The number of hydrogen-bond donors (Lipinski definition) is 1. The molecule has 0 bridgehead atoms. The summed E-state index contributed by atoms with van der Waals surface area (Å²) in [4.78, 5) is 26.5. The summed E-state index contributed by atoms with van der Waals surface area (Å²) in [6, 6.07) is 13.0. The van der Waals surface area contributed by atoms with Crippen molar-refractivity contribution in [2.45, 2.75) is 19.3 Å². The summed E-state index contributed by atoms with van der Waals surface area (Å²) in [6.07, 6.45) is 1.83. The third-order valence-electron chi connectivity index (χ3n) is 4.16. The Bertz CT molecular complexity index is 957. The molecule has 4 rings (SSSR count). The van der Waals surface area contributed by atoms with Crippen LogP contribution in [0.1, 0.15) is 19.4 Å². The maximum atomic E-state index is 12.9. The molecule has 1 saturated heterocycles. The van der Waals surface area contributed by atoms with Gasteiger partial charge in [-0.25, -0.2) is 0 Å². The molecule has 138 valence electrons. The largest absolute Gasteiger partial charge is 0.490 e. The van der Waals surface area contributed by atoms with Crippen LogP contribution < -0.4 is 19.7 Å². The number of amides is 1. The quantitative estimate of drug-likeness (QED) is 0.492. The molecule has 0 radical (unpaired) electrons. The first-order valence-electron chi connectivity index (χ1n) is 8.59. The fourth-order valence-corrected chi connectivity index (χ4v) is 4.23. The van der Waals surface area contributed by atoms with E-state index in [9.17, 15) is 9.59 Å². The monoisotopic (exact) mass is 382 g/mol. The number of hydrogen-bond acceptors (Lipinski definition) is 6. The number of esters is 1. The minimum Gasteiger partial charge on any atom is -0.490 e. The minimum absolute atomic E-state index is 0.0375. The van der Waals surface area contributed by atoms with Crippen molar-refractivity contribution in [3.05, 3.63) is 52.9 Å². The van der Waals surface area contributed by atoms with Gasteiger partial charge in [-0.2, -0.15) is 0 Å². The molecule has 2 aliphatic heterocycles. The molecule has 2 aromatic rings. The maximum absolute atomic E-state index is 12.9. The van der Waals surface area contributed by atoms with Crippen molar-refractivity contribution < 1.29 is 19.1 Å².